The number of aromatic nitrogens is 5. The summed E-state index contributed by atoms with van der Waals surface area (Å²) in [4.78, 5) is 52.9. The number of phosphoric acid groups is 3. The van der Waals surface area contributed by atoms with Crippen LogP contribution < -0.4 is 71.7 Å². The molecule has 2 aliphatic heterocycles. The van der Waals surface area contributed by atoms with E-state index < -0.39 is 91.7 Å². The Hall–Kier alpha value is -1.22. The Labute approximate surface area is 316 Å². The van der Waals surface area contributed by atoms with Crippen molar-refractivity contribution in [3.8, 4) is 0 Å². The van der Waals surface area contributed by atoms with Crippen LogP contribution in [0.15, 0.2) is 37.2 Å². The molecule has 49 heavy (non-hydrogen) atoms. The Morgan fingerprint density at radius 2 is 1.71 bits per heavy atom. The zero-order chi connectivity index (χ0) is 35.2. The number of nitrogens with two attached hydrogens (primary N) is 1. The fourth-order valence-electron chi connectivity index (χ4n) is 4.81. The van der Waals surface area contributed by atoms with Crippen LogP contribution in [0.1, 0.15) is 18.0 Å². The second-order valence-electron chi connectivity index (χ2n) is 10.2. The molecule has 5 rings (SSSR count). The third-order valence-electron chi connectivity index (χ3n) is 6.95. The molecule has 10 atom stereocenters. The Bertz CT molecular complexity index is 1820. The number of aliphatic hydroxyl groups is 3. The van der Waals surface area contributed by atoms with E-state index in [4.69, 9.17) is 20.6 Å². The number of imidazole rings is 1. The molecule has 0 amide bonds. The number of aliphatic hydroxyl groups excluding tert-OH is 3. The summed E-state index contributed by atoms with van der Waals surface area (Å²) in [6.45, 7) is -2.14. The standard InChI is InChI=1S/C21H28N7O17P3.K/c22-17-12-19(25-7-24-17)28(8-26-12)21-16(44-46(33,34)35)14(30)11(43-21)6-41-48(38,39)45-47(36,37)40-5-10-13(29)15(31)20(42-10)27-3-1-2-9(4-27)18(23)32;/h1-4,7-8,10-11,13-16,20-21,29-31H,5-6H2,(H7-,22,23,24,25,32,33,34,35,36,37,38,39);/q;+1/p-1. The van der Waals surface area contributed by atoms with E-state index in [1.165, 1.54) is 18.3 Å². The topological polar surface area (TPSA) is 371 Å². The average Bonchev–Trinajstić information content (AvgIpc) is 3.64. The van der Waals surface area contributed by atoms with Crippen molar-refractivity contribution < 1.29 is 137 Å². The van der Waals surface area contributed by atoms with Gasteiger partial charge in [0.1, 0.15) is 42.4 Å². The second-order valence-corrected chi connectivity index (χ2v) is 14.4. The first-order chi connectivity index (χ1) is 22.4. The predicted octanol–water partition coefficient (Wildman–Crippen LogP) is -6.94. The molecule has 9 N–H and O–H groups in total. The minimum absolute atomic E-state index is 0. The molecular formula is C21H27KN7O17P3. The van der Waals surface area contributed by atoms with Crippen LogP contribution in [0.4, 0.5) is 5.82 Å². The first-order valence-corrected chi connectivity index (χ1v) is 17.8. The first kappa shape index (κ1) is 40.5. The molecule has 24 nitrogen and oxygen atoms in total. The minimum atomic E-state index is -5.78. The minimum Gasteiger partial charge on any atom is -0.859 e. The number of ether oxygens (including phenoxy) is 2. The molecule has 0 saturated carbocycles. The maximum Gasteiger partial charge on any atom is 1.00 e. The molecular weight excluding hydrogens is 754 g/mol. The van der Waals surface area contributed by atoms with Crippen LogP contribution in [0.5, 0.6) is 0 Å². The number of anilines is 1. The van der Waals surface area contributed by atoms with Gasteiger partial charge in [0.15, 0.2) is 36.2 Å². The van der Waals surface area contributed by atoms with E-state index in [9.17, 15) is 53.7 Å². The van der Waals surface area contributed by atoms with E-state index in [0.717, 1.165) is 28.0 Å². The maximum atomic E-state index is 12.5. The van der Waals surface area contributed by atoms with Gasteiger partial charge in [-0.3, -0.25) is 18.2 Å². The van der Waals surface area contributed by atoms with Gasteiger partial charge in [-0.15, -0.1) is 0 Å². The zero-order valence-corrected chi connectivity index (χ0v) is 30.6. The second kappa shape index (κ2) is 15.8. The molecule has 0 aromatic carbocycles. The normalized spacial score (nSPS) is 29.7. The smallest absolute Gasteiger partial charge is 0.859 e. The summed E-state index contributed by atoms with van der Waals surface area (Å²) >= 11 is 0. The number of nitrogens with one attached hydrogen (secondary N) is 1. The molecule has 0 aliphatic carbocycles. The van der Waals surface area contributed by atoms with Gasteiger partial charge in [-0.2, -0.15) is 4.57 Å². The van der Waals surface area contributed by atoms with Crippen molar-refractivity contribution in [3.63, 3.8) is 0 Å². The maximum absolute atomic E-state index is 12.5. The molecule has 0 radical (unpaired) electrons. The quantitative estimate of drug-likeness (QED) is 0.0262. The van der Waals surface area contributed by atoms with Gasteiger partial charge < -0.3 is 65.1 Å². The summed E-state index contributed by atoms with van der Waals surface area (Å²) in [5.41, 5.74) is 5.71. The van der Waals surface area contributed by atoms with E-state index in [-0.39, 0.29) is 73.9 Å². The molecule has 3 aromatic rings. The summed E-state index contributed by atoms with van der Waals surface area (Å²) in [6.07, 6.45) is -8.78. The Morgan fingerprint density at radius 1 is 1.04 bits per heavy atom. The molecule has 2 fully saturated rings. The van der Waals surface area contributed by atoms with Crippen LogP contribution in [-0.2, 0) is 41.1 Å². The van der Waals surface area contributed by atoms with Crippen LogP contribution in [0, 0.1) is 5.41 Å². The third-order valence-corrected chi connectivity index (χ3v) is 10.0. The summed E-state index contributed by atoms with van der Waals surface area (Å²) in [7, 11) is -16.6. The van der Waals surface area contributed by atoms with Crippen LogP contribution in [-0.4, -0.2) is 105 Å². The summed E-state index contributed by atoms with van der Waals surface area (Å²) in [6, 6.07) is 2.67. The number of pyridine rings is 1. The number of nitrogen functional groups attached to an aromatic ring is 1. The van der Waals surface area contributed by atoms with Crippen LogP contribution >= 0.6 is 23.5 Å². The SMILES string of the molecule is N=C([O-])c1ccc[n+](C2OC(COP(=O)(O)OP(=O)([O-])OCC3OC(n4cnc5c(N)ncnc54)C(OP(=O)(O)O)C3O)C(O)C2O)c1.[K+]. The van der Waals surface area contributed by atoms with Gasteiger partial charge in [0, 0.05) is 11.6 Å². The Kier molecular flexibility index (Phi) is 13.1. The Balaban J connectivity index is 0.00000541. The summed E-state index contributed by atoms with van der Waals surface area (Å²) < 4.78 is 67.8. The van der Waals surface area contributed by atoms with Crippen molar-refractivity contribution in [3.05, 3.63) is 42.7 Å². The van der Waals surface area contributed by atoms with E-state index in [0.29, 0.717) is 0 Å². The fourth-order valence-corrected chi connectivity index (χ4v) is 7.41. The predicted molar refractivity (Wildman–Crippen MR) is 146 cm³/mol. The molecule has 0 bridgehead atoms. The number of phosphoric ester groups is 3. The van der Waals surface area contributed by atoms with Crippen molar-refractivity contribution in [2.75, 3.05) is 18.9 Å². The largest absolute Gasteiger partial charge is 1.00 e. The molecule has 10 unspecified atom stereocenters. The average molecular weight is 781 g/mol. The molecule has 264 valence electrons. The van der Waals surface area contributed by atoms with Gasteiger partial charge in [-0.1, -0.05) is 0 Å². The number of hydrogen-bond donors (Lipinski definition) is 8. The first-order valence-electron chi connectivity index (χ1n) is 13.3. The van der Waals surface area contributed by atoms with Gasteiger partial charge in [-0.05, 0) is 12.0 Å². The van der Waals surface area contributed by atoms with E-state index in [2.05, 4.69) is 32.8 Å². The van der Waals surface area contributed by atoms with Crippen molar-refractivity contribution >= 4 is 46.3 Å². The number of nitrogens with zero attached hydrogens (tertiary/aromatic N) is 5. The van der Waals surface area contributed by atoms with Gasteiger partial charge in [0.25, 0.3) is 14.1 Å². The van der Waals surface area contributed by atoms with Gasteiger partial charge in [0.2, 0.25) is 0 Å². The van der Waals surface area contributed by atoms with Crippen LogP contribution in [0.25, 0.3) is 11.2 Å². The van der Waals surface area contributed by atoms with Crippen molar-refractivity contribution in [1.29, 1.82) is 5.41 Å². The summed E-state index contributed by atoms with van der Waals surface area (Å²) in [5, 5.41) is 50.0. The number of fused-ring (bicyclic) bond motifs is 1. The van der Waals surface area contributed by atoms with Crippen LogP contribution in [0.2, 0.25) is 0 Å². The molecule has 28 heteroatoms. The van der Waals surface area contributed by atoms with E-state index in [1.807, 2.05) is 0 Å². The van der Waals surface area contributed by atoms with E-state index >= 15 is 0 Å². The molecule has 2 aliphatic rings. The molecule has 2 saturated heterocycles. The zero-order valence-electron chi connectivity index (χ0n) is 24.8. The van der Waals surface area contributed by atoms with E-state index in [1.54, 1.807) is 0 Å². The molecule has 0 spiro atoms. The monoisotopic (exact) mass is 781 g/mol. The van der Waals surface area contributed by atoms with Crippen LogP contribution in [0.3, 0.4) is 0 Å². The fraction of sp³-hybridized carbons (Fsp3) is 0.476. The van der Waals surface area contributed by atoms with Gasteiger partial charge in [-0.25, -0.2) is 28.4 Å². The molecule has 3 aromatic heterocycles. The van der Waals surface area contributed by atoms with Crippen molar-refractivity contribution in [1.82, 2.24) is 19.5 Å². The Morgan fingerprint density at radius 3 is 2.39 bits per heavy atom. The summed E-state index contributed by atoms with van der Waals surface area (Å²) in [5.74, 6) is -1.11. The van der Waals surface area contributed by atoms with Crippen molar-refractivity contribution in [2.45, 2.75) is 49.1 Å². The van der Waals surface area contributed by atoms with Gasteiger partial charge in [0.05, 0.1) is 19.5 Å². The third kappa shape index (κ3) is 9.61. The number of rotatable bonds is 13. The van der Waals surface area contributed by atoms with Crippen molar-refractivity contribution in [2.24, 2.45) is 0 Å². The molecule has 5 heterocycles. The van der Waals surface area contributed by atoms with Gasteiger partial charge >= 0.3 is 67.0 Å². The number of hydrogen-bond acceptors (Lipinski definition) is 19.